The highest BCUT2D eigenvalue weighted by molar-refractivity contribution is 5.47. The number of nitrogens with zero attached hydrogens (tertiary/aromatic N) is 1. The van der Waals surface area contributed by atoms with Crippen molar-refractivity contribution in [3.8, 4) is 6.07 Å². The van der Waals surface area contributed by atoms with Gasteiger partial charge >= 0.3 is 0 Å². The molecule has 0 amide bonds. The Morgan fingerprint density at radius 1 is 1.26 bits per heavy atom. The van der Waals surface area contributed by atoms with Gasteiger partial charge in [0.25, 0.3) is 0 Å². The van der Waals surface area contributed by atoms with E-state index < -0.39 is 6.10 Å². The molecule has 104 valence electrons. The number of rotatable bonds is 9. The van der Waals surface area contributed by atoms with Gasteiger partial charge in [0.1, 0.15) is 0 Å². The molecule has 2 N–H and O–H groups in total. The molecule has 1 atom stereocenters. The van der Waals surface area contributed by atoms with Gasteiger partial charge in [-0.3, -0.25) is 0 Å². The molecule has 1 unspecified atom stereocenters. The molecule has 0 heterocycles. The van der Waals surface area contributed by atoms with Gasteiger partial charge < -0.3 is 19.9 Å². The van der Waals surface area contributed by atoms with Gasteiger partial charge in [-0.25, -0.2) is 0 Å². The number of nitriles is 1. The van der Waals surface area contributed by atoms with Gasteiger partial charge in [-0.1, -0.05) is 0 Å². The largest absolute Gasteiger partial charge is 0.389 e. The van der Waals surface area contributed by atoms with E-state index in [1.165, 1.54) is 0 Å². The van der Waals surface area contributed by atoms with E-state index in [1.807, 2.05) is 6.92 Å². The Kier molecular flexibility index (Phi) is 7.59. The molecule has 0 saturated carbocycles. The van der Waals surface area contributed by atoms with Crippen molar-refractivity contribution < 1.29 is 14.6 Å². The van der Waals surface area contributed by atoms with E-state index in [0.717, 1.165) is 5.69 Å². The number of aliphatic hydroxyl groups is 1. The fourth-order valence-corrected chi connectivity index (χ4v) is 1.44. The zero-order valence-corrected chi connectivity index (χ0v) is 11.1. The molecular weight excluding hydrogens is 244 g/mol. The Morgan fingerprint density at radius 3 is 2.58 bits per heavy atom. The van der Waals surface area contributed by atoms with Gasteiger partial charge in [-0.15, -0.1) is 0 Å². The molecule has 0 saturated heterocycles. The molecule has 1 aromatic rings. The number of nitrogens with one attached hydrogen (secondary N) is 1. The van der Waals surface area contributed by atoms with Crippen LogP contribution in [0.3, 0.4) is 0 Å². The predicted octanol–water partition coefficient (Wildman–Crippen LogP) is 1.38. The fourth-order valence-electron chi connectivity index (χ4n) is 1.44. The minimum Gasteiger partial charge on any atom is -0.389 e. The van der Waals surface area contributed by atoms with Crippen LogP contribution in [0.15, 0.2) is 24.3 Å². The van der Waals surface area contributed by atoms with Crippen LogP contribution in [0, 0.1) is 11.3 Å². The highest BCUT2D eigenvalue weighted by Gasteiger charge is 2.04. The molecule has 0 fully saturated rings. The Labute approximate surface area is 113 Å². The Morgan fingerprint density at radius 2 is 1.95 bits per heavy atom. The van der Waals surface area contributed by atoms with Crippen molar-refractivity contribution >= 4 is 5.69 Å². The summed E-state index contributed by atoms with van der Waals surface area (Å²) >= 11 is 0. The lowest BCUT2D eigenvalue weighted by Gasteiger charge is -2.13. The van der Waals surface area contributed by atoms with Gasteiger partial charge in [0, 0.05) is 18.8 Å². The highest BCUT2D eigenvalue weighted by atomic mass is 16.5. The summed E-state index contributed by atoms with van der Waals surface area (Å²) in [6.07, 6.45) is -0.572. The number of hydrogen-bond donors (Lipinski definition) is 2. The van der Waals surface area contributed by atoms with Crippen LogP contribution in [0.5, 0.6) is 0 Å². The molecule has 0 aliphatic rings. The monoisotopic (exact) mass is 264 g/mol. The first-order chi connectivity index (χ1) is 9.26. The van der Waals surface area contributed by atoms with Crippen molar-refractivity contribution in [2.75, 3.05) is 38.3 Å². The highest BCUT2D eigenvalue weighted by Crippen LogP contribution is 2.08. The summed E-state index contributed by atoms with van der Waals surface area (Å²) in [5, 5.41) is 21.4. The second-order valence-electron chi connectivity index (χ2n) is 4.00. The normalized spacial score (nSPS) is 11.8. The first kappa shape index (κ1) is 15.4. The van der Waals surface area contributed by atoms with Crippen LogP contribution in [-0.4, -0.2) is 44.2 Å². The topological polar surface area (TPSA) is 74.5 Å². The average Bonchev–Trinajstić information content (AvgIpc) is 2.45. The third-order valence-electron chi connectivity index (χ3n) is 2.44. The van der Waals surface area contributed by atoms with Crippen molar-refractivity contribution in [1.29, 1.82) is 5.26 Å². The van der Waals surface area contributed by atoms with Crippen molar-refractivity contribution in [1.82, 2.24) is 0 Å². The number of aliphatic hydroxyl groups excluding tert-OH is 1. The molecule has 0 spiro atoms. The Balaban J connectivity index is 2.15. The van der Waals surface area contributed by atoms with Gasteiger partial charge in [-0.2, -0.15) is 5.26 Å². The number of ether oxygens (including phenoxy) is 2. The summed E-state index contributed by atoms with van der Waals surface area (Å²) in [5.74, 6) is 0. The van der Waals surface area contributed by atoms with Gasteiger partial charge in [0.05, 0.1) is 37.6 Å². The first-order valence-electron chi connectivity index (χ1n) is 6.34. The molecule has 1 aromatic carbocycles. The van der Waals surface area contributed by atoms with E-state index in [0.29, 0.717) is 31.9 Å². The van der Waals surface area contributed by atoms with Gasteiger partial charge in [0.2, 0.25) is 0 Å². The number of benzene rings is 1. The summed E-state index contributed by atoms with van der Waals surface area (Å²) in [5.41, 5.74) is 1.48. The maximum absolute atomic E-state index is 9.69. The average molecular weight is 264 g/mol. The molecule has 0 aliphatic heterocycles. The zero-order valence-electron chi connectivity index (χ0n) is 11.1. The third kappa shape index (κ3) is 6.77. The SMILES string of the molecule is CCOCCOCC(O)CNc1ccc(C#N)cc1. The molecule has 0 aliphatic carbocycles. The van der Waals surface area contributed by atoms with E-state index in [1.54, 1.807) is 24.3 Å². The van der Waals surface area contributed by atoms with Crippen LogP contribution < -0.4 is 5.32 Å². The molecule has 0 radical (unpaired) electrons. The van der Waals surface area contributed by atoms with Crippen LogP contribution >= 0.6 is 0 Å². The van der Waals surface area contributed by atoms with Gasteiger partial charge in [0.15, 0.2) is 0 Å². The van der Waals surface area contributed by atoms with Crippen LogP contribution in [-0.2, 0) is 9.47 Å². The maximum Gasteiger partial charge on any atom is 0.0991 e. The van der Waals surface area contributed by atoms with Crippen LogP contribution in [0.1, 0.15) is 12.5 Å². The van der Waals surface area contributed by atoms with Crippen LogP contribution in [0.4, 0.5) is 5.69 Å². The van der Waals surface area contributed by atoms with Crippen molar-refractivity contribution in [3.63, 3.8) is 0 Å². The van der Waals surface area contributed by atoms with E-state index in [4.69, 9.17) is 14.7 Å². The minimum absolute atomic E-state index is 0.274. The van der Waals surface area contributed by atoms with Crippen molar-refractivity contribution in [2.45, 2.75) is 13.0 Å². The van der Waals surface area contributed by atoms with E-state index in [9.17, 15) is 5.11 Å². The summed E-state index contributed by atoms with van der Waals surface area (Å²) in [6.45, 7) is 4.31. The quantitative estimate of drug-likeness (QED) is 0.659. The van der Waals surface area contributed by atoms with Crippen LogP contribution in [0.2, 0.25) is 0 Å². The number of anilines is 1. The molecule has 19 heavy (non-hydrogen) atoms. The molecule has 5 nitrogen and oxygen atoms in total. The summed E-state index contributed by atoms with van der Waals surface area (Å²) in [6, 6.07) is 9.13. The zero-order chi connectivity index (χ0) is 13.9. The van der Waals surface area contributed by atoms with Crippen molar-refractivity contribution in [3.05, 3.63) is 29.8 Å². The van der Waals surface area contributed by atoms with Crippen molar-refractivity contribution in [2.24, 2.45) is 0 Å². The Bertz CT molecular complexity index is 387. The second kappa shape index (κ2) is 9.34. The number of hydrogen-bond acceptors (Lipinski definition) is 5. The summed E-state index contributed by atoms with van der Waals surface area (Å²) < 4.78 is 10.4. The Hall–Kier alpha value is -1.61. The third-order valence-corrected chi connectivity index (χ3v) is 2.44. The lowest BCUT2D eigenvalue weighted by atomic mass is 10.2. The summed E-state index contributed by atoms with van der Waals surface area (Å²) in [7, 11) is 0. The molecular formula is C14H20N2O3. The fraction of sp³-hybridized carbons (Fsp3) is 0.500. The minimum atomic E-state index is -0.572. The van der Waals surface area contributed by atoms with E-state index in [-0.39, 0.29) is 6.61 Å². The lowest BCUT2D eigenvalue weighted by Crippen LogP contribution is -2.25. The maximum atomic E-state index is 9.69. The predicted molar refractivity (Wildman–Crippen MR) is 73.0 cm³/mol. The lowest BCUT2D eigenvalue weighted by molar-refractivity contribution is 0.0103. The smallest absolute Gasteiger partial charge is 0.0991 e. The van der Waals surface area contributed by atoms with Gasteiger partial charge in [-0.05, 0) is 31.2 Å². The molecule has 1 rings (SSSR count). The standard InChI is InChI=1S/C14H20N2O3/c1-2-18-7-8-19-11-14(17)10-16-13-5-3-12(9-15)4-6-13/h3-6,14,16-17H,2,7-8,10-11H2,1H3. The summed E-state index contributed by atoms with van der Waals surface area (Å²) in [4.78, 5) is 0. The molecule has 0 aromatic heterocycles. The molecule has 0 bridgehead atoms. The van der Waals surface area contributed by atoms with E-state index in [2.05, 4.69) is 11.4 Å². The second-order valence-corrected chi connectivity index (χ2v) is 4.00. The van der Waals surface area contributed by atoms with Crippen LogP contribution in [0.25, 0.3) is 0 Å². The van der Waals surface area contributed by atoms with E-state index >= 15 is 0 Å². The molecule has 5 heteroatoms. The first-order valence-corrected chi connectivity index (χ1v) is 6.34.